The fraction of sp³-hybridized carbons (Fsp3) is 0.0192. The smallest absolute Gasteiger partial charge is 0.163 e. The van der Waals surface area contributed by atoms with Crippen molar-refractivity contribution in [2.75, 3.05) is 0 Å². The predicted molar refractivity (Wildman–Crippen MR) is 232 cm³/mol. The van der Waals surface area contributed by atoms with Gasteiger partial charge in [0.1, 0.15) is 5.82 Å². The van der Waals surface area contributed by atoms with Gasteiger partial charge >= 0.3 is 0 Å². The van der Waals surface area contributed by atoms with Gasteiger partial charge in [-0.05, 0) is 64.7 Å². The summed E-state index contributed by atoms with van der Waals surface area (Å²) in [4.78, 5) is 15.4. The van der Waals surface area contributed by atoms with Gasteiger partial charge in [0.15, 0.2) is 11.6 Å². The summed E-state index contributed by atoms with van der Waals surface area (Å²) in [7, 11) is 0. The maximum Gasteiger partial charge on any atom is 0.163 e. The molecule has 8 aromatic carbocycles. The van der Waals surface area contributed by atoms with Crippen molar-refractivity contribution in [1.29, 1.82) is 0 Å². The van der Waals surface area contributed by atoms with Crippen LogP contribution in [-0.4, -0.2) is 24.1 Å². The van der Waals surface area contributed by atoms with E-state index >= 15 is 0 Å². The first-order chi connectivity index (χ1) is 28.3. The molecule has 1 aliphatic carbocycles. The molecule has 1 unspecified atom stereocenters. The highest BCUT2D eigenvalue weighted by Gasteiger charge is 2.33. The number of rotatable bonds is 5. The van der Waals surface area contributed by atoms with Gasteiger partial charge in [-0.25, -0.2) is 15.0 Å². The molecule has 1 atom stereocenters. The standard InChI is InChI=1S/C52H33N5/c1-4-16-33(17-5-1)50-53-51(34-18-6-2-7-19-34)55-52(54-50)47-39-24-11-10-22-37(39)43-32-36(28-29-40(43)47)56-45-27-15-13-25-42(45)48-46(56)31-30-41-38-23-12-14-26-44(38)57(49(41)48)35-20-8-3-9-21-35/h1-32,47H. The average molecular weight is 728 g/mol. The lowest BCUT2D eigenvalue weighted by Gasteiger charge is -2.16. The minimum Gasteiger partial charge on any atom is -0.309 e. The monoisotopic (exact) mass is 727 g/mol. The fourth-order valence-corrected chi connectivity index (χ4v) is 9.19. The van der Waals surface area contributed by atoms with Crippen LogP contribution in [0.15, 0.2) is 194 Å². The summed E-state index contributed by atoms with van der Waals surface area (Å²) in [6.45, 7) is 0. The summed E-state index contributed by atoms with van der Waals surface area (Å²) >= 11 is 0. The Hall–Kier alpha value is -7.63. The Morgan fingerprint density at radius 2 is 0.947 bits per heavy atom. The zero-order chi connectivity index (χ0) is 37.5. The third kappa shape index (κ3) is 4.79. The fourth-order valence-electron chi connectivity index (χ4n) is 9.19. The number of benzene rings is 8. The first-order valence-corrected chi connectivity index (χ1v) is 19.4. The molecule has 1 aliphatic rings. The largest absolute Gasteiger partial charge is 0.309 e. The normalized spacial score (nSPS) is 13.4. The van der Waals surface area contributed by atoms with Crippen LogP contribution in [-0.2, 0) is 0 Å². The van der Waals surface area contributed by atoms with Crippen molar-refractivity contribution in [3.05, 3.63) is 211 Å². The van der Waals surface area contributed by atoms with E-state index in [-0.39, 0.29) is 5.92 Å². The molecule has 5 heteroatoms. The van der Waals surface area contributed by atoms with Crippen molar-refractivity contribution < 1.29 is 0 Å². The second-order valence-corrected chi connectivity index (χ2v) is 14.8. The van der Waals surface area contributed by atoms with Crippen LogP contribution in [0.1, 0.15) is 22.9 Å². The molecule has 0 saturated heterocycles. The molecule has 0 spiro atoms. The Morgan fingerprint density at radius 1 is 0.368 bits per heavy atom. The second kappa shape index (κ2) is 12.4. The lowest BCUT2D eigenvalue weighted by molar-refractivity contribution is 0.855. The van der Waals surface area contributed by atoms with Crippen LogP contribution in [0.3, 0.4) is 0 Å². The Kier molecular flexibility index (Phi) is 6.92. The highest BCUT2D eigenvalue weighted by molar-refractivity contribution is 6.26. The maximum absolute atomic E-state index is 5.21. The number of hydrogen-bond acceptors (Lipinski definition) is 3. The number of hydrogen-bond donors (Lipinski definition) is 0. The highest BCUT2D eigenvalue weighted by Crippen LogP contribution is 2.49. The summed E-state index contributed by atoms with van der Waals surface area (Å²) in [5.41, 5.74) is 13.7. The van der Waals surface area contributed by atoms with E-state index in [1.807, 2.05) is 36.4 Å². The molecule has 0 saturated carbocycles. The zero-order valence-electron chi connectivity index (χ0n) is 30.8. The van der Waals surface area contributed by atoms with E-state index in [1.54, 1.807) is 0 Å². The summed E-state index contributed by atoms with van der Waals surface area (Å²) in [5, 5.41) is 4.97. The highest BCUT2D eigenvalue weighted by atomic mass is 15.0. The van der Waals surface area contributed by atoms with E-state index in [0.29, 0.717) is 11.6 Å². The van der Waals surface area contributed by atoms with Crippen LogP contribution < -0.4 is 0 Å². The third-order valence-electron chi connectivity index (χ3n) is 11.6. The molecule has 11 aromatic rings. The molecule has 0 fully saturated rings. The van der Waals surface area contributed by atoms with Gasteiger partial charge in [-0.2, -0.15) is 0 Å². The van der Waals surface area contributed by atoms with Crippen molar-refractivity contribution in [3.63, 3.8) is 0 Å². The first kappa shape index (κ1) is 31.7. The zero-order valence-corrected chi connectivity index (χ0v) is 30.8. The van der Waals surface area contributed by atoms with E-state index in [9.17, 15) is 0 Å². The van der Waals surface area contributed by atoms with Crippen molar-refractivity contribution in [1.82, 2.24) is 24.1 Å². The Balaban J connectivity index is 1.09. The van der Waals surface area contributed by atoms with Crippen molar-refractivity contribution in [2.45, 2.75) is 5.92 Å². The summed E-state index contributed by atoms with van der Waals surface area (Å²) in [6, 6.07) is 69.0. The summed E-state index contributed by atoms with van der Waals surface area (Å²) in [5.74, 6) is 1.94. The number of fused-ring (bicyclic) bond motifs is 10. The summed E-state index contributed by atoms with van der Waals surface area (Å²) < 4.78 is 4.88. The maximum atomic E-state index is 5.21. The Morgan fingerprint density at radius 3 is 1.67 bits per heavy atom. The van der Waals surface area contributed by atoms with E-state index in [4.69, 9.17) is 15.0 Å². The van der Waals surface area contributed by atoms with Gasteiger partial charge in [0.05, 0.1) is 28.0 Å². The van der Waals surface area contributed by atoms with Gasteiger partial charge in [-0.15, -0.1) is 0 Å². The molecule has 0 amide bonds. The predicted octanol–water partition coefficient (Wildman–Crippen LogP) is 12.6. The lowest BCUT2D eigenvalue weighted by Crippen LogP contribution is -2.09. The first-order valence-electron chi connectivity index (χ1n) is 19.4. The van der Waals surface area contributed by atoms with Crippen molar-refractivity contribution >= 4 is 43.6 Å². The van der Waals surface area contributed by atoms with Gasteiger partial charge in [-0.3, -0.25) is 0 Å². The minimum absolute atomic E-state index is 0.155. The van der Waals surface area contributed by atoms with Crippen LogP contribution in [0.4, 0.5) is 0 Å². The van der Waals surface area contributed by atoms with Gasteiger partial charge in [0.2, 0.25) is 0 Å². The molecule has 0 radical (unpaired) electrons. The van der Waals surface area contributed by atoms with E-state index < -0.39 is 0 Å². The van der Waals surface area contributed by atoms with E-state index in [1.165, 1.54) is 65.9 Å². The van der Waals surface area contributed by atoms with Gasteiger partial charge < -0.3 is 9.13 Å². The molecule has 266 valence electrons. The van der Waals surface area contributed by atoms with Crippen molar-refractivity contribution in [2.24, 2.45) is 0 Å². The number of para-hydroxylation sites is 3. The third-order valence-corrected chi connectivity index (χ3v) is 11.6. The van der Waals surface area contributed by atoms with Crippen LogP contribution in [0.25, 0.3) is 88.9 Å². The lowest BCUT2D eigenvalue weighted by atomic mass is 9.95. The molecule has 12 rings (SSSR count). The molecule has 57 heavy (non-hydrogen) atoms. The van der Waals surface area contributed by atoms with Crippen LogP contribution >= 0.6 is 0 Å². The number of nitrogens with zero attached hydrogens (tertiary/aromatic N) is 5. The number of aromatic nitrogens is 5. The van der Waals surface area contributed by atoms with Gasteiger partial charge in [0.25, 0.3) is 0 Å². The molecule has 3 heterocycles. The van der Waals surface area contributed by atoms with E-state index in [0.717, 1.165) is 28.3 Å². The molecule has 5 nitrogen and oxygen atoms in total. The molecule has 0 bridgehead atoms. The van der Waals surface area contributed by atoms with Crippen LogP contribution in [0.2, 0.25) is 0 Å². The van der Waals surface area contributed by atoms with Crippen LogP contribution in [0, 0.1) is 0 Å². The quantitative estimate of drug-likeness (QED) is 0.177. The van der Waals surface area contributed by atoms with Gasteiger partial charge in [0, 0.05) is 44.0 Å². The van der Waals surface area contributed by atoms with Crippen LogP contribution in [0.5, 0.6) is 0 Å². The SMILES string of the molecule is c1ccc(-c2nc(-c3ccccc3)nc(C3c4ccccc4-c4cc(-n5c6ccccc6c6c5ccc5c7ccccc7n(-c7ccccc7)c56)ccc43)n2)cc1. The average Bonchev–Trinajstić information content (AvgIpc) is 3.92. The molecular formula is C52H33N5. The molecule has 0 N–H and O–H groups in total. The Labute approximate surface area is 328 Å². The molecular weight excluding hydrogens is 695 g/mol. The van der Waals surface area contributed by atoms with E-state index in [2.05, 4.69) is 167 Å². The minimum atomic E-state index is -0.155. The Bertz CT molecular complexity index is 3290. The molecule has 0 aliphatic heterocycles. The van der Waals surface area contributed by atoms with Crippen molar-refractivity contribution in [3.8, 4) is 45.3 Å². The molecule has 3 aromatic heterocycles. The van der Waals surface area contributed by atoms with Gasteiger partial charge in [-0.1, -0.05) is 152 Å². The second-order valence-electron chi connectivity index (χ2n) is 14.8. The summed E-state index contributed by atoms with van der Waals surface area (Å²) in [6.07, 6.45) is 0. The topological polar surface area (TPSA) is 48.5 Å².